The van der Waals surface area contributed by atoms with Gasteiger partial charge in [0, 0.05) is 36.9 Å². The van der Waals surface area contributed by atoms with Crippen molar-refractivity contribution in [3.63, 3.8) is 0 Å². The molecule has 2 rings (SSSR count). The lowest BCUT2D eigenvalue weighted by molar-refractivity contribution is 0.194. The molecule has 2 aromatic carbocycles. The molecule has 0 saturated heterocycles. The van der Waals surface area contributed by atoms with Crippen LogP contribution in [-0.4, -0.2) is 26.9 Å². The van der Waals surface area contributed by atoms with Gasteiger partial charge in [0.1, 0.15) is 12.4 Å². The van der Waals surface area contributed by atoms with Crippen LogP contribution in [0.15, 0.2) is 30.3 Å². The number of rotatable bonds is 11. The average molecular weight is 416 g/mol. The number of halogens is 3. The zero-order chi connectivity index (χ0) is 19.6. The summed E-state index contributed by atoms with van der Waals surface area (Å²) in [6, 6.07) is 7.80. The van der Waals surface area contributed by atoms with Crippen LogP contribution in [0.1, 0.15) is 24.5 Å². The van der Waals surface area contributed by atoms with E-state index in [2.05, 4.69) is 5.32 Å². The SMILES string of the molecule is CCOc1cc(CNCCCOC)c(Cl)cc1OCc1ccc(F)cc1Cl. The topological polar surface area (TPSA) is 39.7 Å². The molecule has 2 aromatic rings. The normalized spacial score (nSPS) is 10.9. The fraction of sp³-hybridized carbons (Fsp3) is 0.400. The van der Waals surface area contributed by atoms with Gasteiger partial charge in [-0.05, 0) is 43.7 Å². The molecule has 148 valence electrons. The summed E-state index contributed by atoms with van der Waals surface area (Å²) in [4.78, 5) is 0. The maximum Gasteiger partial charge on any atom is 0.163 e. The third-order valence-electron chi connectivity index (χ3n) is 3.83. The van der Waals surface area contributed by atoms with Crippen molar-refractivity contribution in [2.75, 3.05) is 26.9 Å². The Bertz CT molecular complexity index is 743. The predicted molar refractivity (Wildman–Crippen MR) is 107 cm³/mol. The molecular formula is C20H24Cl2FNO3. The van der Waals surface area contributed by atoms with E-state index in [1.54, 1.807) is 19.2 Å². The van der Waals surface area contributed by atoms with Crippen LogP contribution in [0.2, 0.25) is 10.0 Å². The number of methoxy groups -OCH3 is 1. The van der Waals surface area contributed by atoms with Crippen molar-refractivity contribution in [2.24, 2.45) is 0 Å². The van der Waals surface area contributed by atoms with Gasteiger partial charge in [-0.15, -0.1) is 0 Å². The Labute approximate surface area is 169 Å². The van der Waals surface area contributed by atoms with Gasteiger partial charge >= 0.3 is 0 Å². The molecule has 7 heteroatoms. The number of hydrogen-bond acceptors (Lipinski definition) is 4. The molecule has 1 N–H and O–H groups in total. The largest absolute Gasteiger partial charge is 0.490 e. The van der Waals surface area contributed by atoms with Gasteiger partial charge in [-0.2, -0.15) is 0 Å². The fourth-order valence-corrected chi connectivity index (χ4v) is 2.89. The van der Waals surface area contributed by atoms with E-state index in [0.29, 0.717) is 46.9 Å². The summed E-state index contributed by atoms with van der Waals surface area (Å²) < 4.78 is 29.7. The molecule has 0 aliphatic heterocycles. The van der Waals surface area contributed by atoms with Crippen LogP contribution in [0.25, 0.3) is 0 Å². The Hall–Kier alpha value is -1.53. The number of nitrogens with one attached hydrogen (secondary N) is 1. The lowest BCUT2D eigenvalue weighted by Crippen LogP contribution is -2.16. The smallest absolute Gasteiger partial charge is 0.163 e. The minimum Gasteiger partial charge on any atom is -0.490 e. The van der Waals surface area contributed by atoms with Crippen LogP contribution in [0.5, 0.6) is 11.5 Å². The van der Waals surface area contributed by atoms with Crippen molar-refractivity contribution >= 4 is 23.2 Å². The maximum atomic E-state index is 13.2. The summed E-state index contributed by atoms with van der Waals surface area (Å²) >= 11 is 12.5. The molecule has 0 spiro atoms. The van der Waals surface area contributed by atoms with Gasteiger partial charge in [0.05, 0.1) is 11.6 Å². The maximum absolute atomic E-state index is 13.2. The monoisotopic (exact) mass is 415 g/mol. The zero-order valence-corrected chi connectivity index (χ0v) is 17.0. The second kappa shape index (κ2) is 11.3. The van der Waals surface area contributed by atoms with E-state index in [1.165, 1.54) is 12.1 Å². The van der Waals surface area contributed by atoms with Crippen LogP contribution in [-0.2, 0) is 17.9 Å². The lowest BCUT2D eigenvalue weighted by atomic mass is 10.2. The molecule has 4 nitrogen and oxygen atoms in total. The Morgan fingerprint density at radius 3 is 2.44 bits per heavy atom. The van der Waals surface area contributed by atoms with Gasteiger partial charge in [0.25, 0.3) is 0 Å². The molecule has 0 atom stereocenters. The molecule has 0 aliphatic carbocycles. The highest BCUT2D eigenvalue weighted by atomic mass is 35.5. The molecular weight excluding hydrogens is 392 g/mol. The predicted octanol–water partition coefficient (Wildman–Crippen LogP) is 5.24. The Morgan fingerprint density at radius 1 is 1.00 bits per heavy atom. The first kappa shape index (κ1) is 21.8. The number of hydrogen-bond donors (Lipinski definition) is 1. The van der Waals surface area contributed by atoms with E-state index in [0.717, 1.165) is 18.5 Å². The lowest BCUT2D eigenvalue weighted by Gasteiger charge is -2.16. The first-order valence-corrected chi connectivity index (χ1v) is 9.52. The van der Waals surface area contributed by atoms with Crippen molar-refractivity contribution < 1.29 is 18.6 Å². The van der Waals surface area contributed by atoms with Crippen molar-refractivity contribution in [3.8, 4) is 11.5 Å². The molecule has 27 heavy (non-hydrogen) atoms. The van der Waals surface area contributed by atoms with Gasteiger partial charge < -0.3 is 19.5 Å². The summed E-state index contributed by atoms with van der Waals surface area (Å²) in [5, 5.41) is 4.22. The van der Waals surface area contributed by atoms with Crippen molar-refractivity contribution in [1.29, 1.82) is 0 Å². The average Bonchev–Trinajstić information content (AvgIpc) is 2.63. The molecule has 0 fully saturated rings. The quantitative estimate of drug-likeness (QED) is 0.509. The Kier molecular flexibility index (Phi) is 9.15. The van der Waals surface area contributed by atoms with Crippen LogP contribution >= 0.6 is 23.2 Å². The van der Waals surface area contributed by atoms with Crippen LogP contribution in [0.3, 0.4) is 0 Å². The van der Waals surface area contributed by atoms with Crippen LogP contribution in [0.4, 0.5) is 4.39 Å². The van der Waals surface area contributed by atoms with Crippen molar-refractivity contribution in [1.82, 2.24) is 5.32 Å². The first-order chi connectivity index (χ1) is 13.0. The molecule has 0 aliphatic rings. The molecule has 0 aromatic heterocycles. The molecule has 0 amide bonds. The van der Waals surface area contributed by atoms with E-state index in [-0.39, 0.29) is 12.4 Å². The number of benzene rings is 2. The van der Waals surface area contributed by atoms with E-state index in [4.69, 9.17) is 37.4 Å². The zero-order valence-electron chi connectivity index (χ0n) is 15.5. The minimum atomic E-state index is -0.385. The summed E-state index contributed by atoms with van der Waals surface area (Å²) in [5.41, 5.74) is 1.60. The first-order valence-electron chi connectivity index (χ1n) is 8.76. The Morgan fingerprint density at radius 2 is 1.74 bits per heavy atom. The van der Waals surface area contributed by atoms with E-state index in [9.17, 15) is 4.39 Å². The highest BCUT2D eigenvalue weighted by Crippen LogP contribution is 2.34. The molecule has 0 unspecified atom stereocenters. The summed E-state index contributed by atoms with van der Waals surface area (Å²) in [7, 11) is 1.68. The minimum absolute atomic E-state index is 0.185. The molecule has 0 saturated carbocycles. The van der Waals surface area contributed by atoms with E-state index >= 15 is 0 Å². The molecule has 0 bridgehead atoms. The van der Waals surface area contributed by atoms with E-state index < -0.39 is 0 Å². The Balaban J connectivity index is 2.07. The fourth-order valence-electron chi connectivity index (χ4n) is 2.45. The summed E-state index contributed by atoms with van der Waals surface area (Å²) in [5.74, 6) is 0.739. The second-order valence-corrected chi connectivity index (χ2v) is 6.69. The highest BCUT2D eigenvalue weighted by Gasteiger charge is 2.12. The van der Waals surface area contributed by atoms with E-state index in [1.807, 2.05) is 13.0 Å². The number of ether oxygens (including phenoxy) is 3. The third-order valence-corrected chi connectivity index (χ3v) is 4.53. The van der Waals surface area contributed by atoms with Crippen molar-refractivity contribution in [3.05, 3.63) is 57.3 Å². The van der Waals surface area contributed by atoms with Gasteiger partial charge in [-0.25, -0.2) is 4.39 Å². The van der Waals surface area contributed by atoms with Gasteiger partial charge in [-0.3, -0.25) is 0 Å². The van der Waals surface area contributed by atoms with Gasteiger partial charge in [-0.1, -0.05) is 29.3 Å². The summed E-state index contributed by atoms with van der Waals surface area (Å²) in [6.07, 6.45) is 0.923. The standard InChI is InChI=1S/C20H24Cl2FNO3/c1-3-26-19-9-15(12-24-7-4-8-25-2)18(22)11-20(19)27-13-14-5-6-16(23)10-17(14)21/h5-6,9-11,24H,3-4,7-8,12-13H2,1-2H3. The highest BCUT2D eigenvalue weighted by molar-refractivity contribution is 6.31. The third kappa shape index (κ3) is 6.85. The van der Waals surface area contributed by atoms with Crippen molar-refractivity contribution in [2.45, 2.75) is 26.5 Å². The van der Waals surface area contributed by atoms with Crippen LogP contribution < -0.4 is 14.8 Å². The van der Waals surface area contributed by atoms with Crippen LogP contribution in [0, 0.1) is 5.82 Å². The molecule has 0 radical (unpaired) electrons. The summed E-state index contributed by atoms with van der Waals surface area (Å²) in [6.45, 7) is 4.74. The second-order valence-electron chi connectivity index (χ2n) is 5.87. The molecule has 0 heterocycles. The van der Waals surface area contributed by atoms with Gasteiger partial charge in [0.2, 0.25) is 0 Å². The van der Waals surface area contributed by atoms with Gasteiger partial charge in [0.15, 0.2) is 11.5 Å².